The van der Waals surface area contributed by atoms with Gasteiger partial charge in [0.05, 0.1) is 11.3 Å². The molecule has 0 amide bonds. The van der Waals surface area contributed by atoms with Crippen LogP contribution in [0, 0.1) is 13.8 Å². The van der Waals surface area contributed by atoms with Crippen molar-refractivity contribution in [2.45, 2.75) is 24.5 Å². The zero-order valence-electron chi connectivity index (χ0n) is 15.7. The molecule has 0 atom stereocenters. The highest BCUT2D eigenvalue weighted by Crippen LogP contribution is 2.30. The average Bonchev–Trinajstić information content (AvgIpc) is 2.67. The third kappa shape index (κ3) is 4.04. The smallest absolute Gasteiger partial charge is 0.232 e. The molecule has 0 aliphatic rings. The molecule has 140 valence electrons. The molecule has 0 aliphatic carbocycles. The van der Waals surface area contributed by atoms with Crippen molar-refractivity contribution >= 4 is 40.2 Å². The number of hydrogen-bond acceptors (Lipinski definition) is 7. The zero-order valence-corrected chi connectivity index (χ0v) is 16.5. The zero-order chi connectivity index (χ0) is 19.5. The minimum atomic E-state index is 0.206. The average molecular weight is 389 g/mol. The van der Waals surface area contributed by atoms with Crippen molar-refractivity contribution < 1.29 is 0 Å². The van der Waals surface area contributed by atoms with Crippen LogP contribution in [0.25, 0.3) is 10.9 Å². The number of aromatic nitrogens is 4. The van der Waals surface area contributed by atoms with Crippen LogP contribution in [-0.2, 0) is 5.75 Å². The Balaban J connectivity index is 1.58. The van der Waals surface area contributed by atoms with Crippen molar-refractivity contribution in [2.75, 3.05) is 11.1 Å². The number of benzene rings is 2. The third-order valence-corrected chi connectivity index (χ3v) is 5.30. The largest absolute Gasteiger partial charge is 0.368 e. The van der Waals surface area contributed by atoms with Gasteiger partial charge in [-0.15, -0.1) is 11.8 Å². The van der Waals surface area contributed by atoms with Gasteiger partial charge < -0.3 is 11.1 Å². The molecule has 0 spiro atoms. The van der Waals surface area contributed by atoms with Crippen LogP contribution in [-0.4, -0.2) is 19.9 Å². The Hall–Kier alpha value is -3.19. The summed E-state index contributed by atoms with van der Waals surface area (Å²) in [6.45, 7) is 4.03. The van der Waals surface area contributed by atoms with Gasteiger partial charge >= 0.3 is 0 Å². The van der Waals surface area contributed by atoms with Gasteiger partial charge in [0.25, 0.3) is 0 Å². The van der Waals surface area contributed by atoms with Crippen LogP contribution in [0.3, 0.4) is 0 Å². The molecule has 4 rings (SSSR count). The van der Waals surface area contributed by atoms with Gasteiger partial charge in [-0.25, -0.2) is 0 Å². The molecule has 4 aromatic rings. The fourth-order valence-electron chi connectivity index (χ4n) is 2.92. The quantitative estimate of drug-likeness (QED) is 0.481. The van der Waals surface area contributed by atoms with E-state index in [0.717, 1.165) is 32.7 Å². The molecule has 2 aromatic heterocycles. The normalized spacial score (nSPS) is 10.9. The fraction of sp³-hybridized carbons (Fsp3) is 0.143. The Labute approximate surface area is 167 Å². The lowest BCUT2D eigenvalue weighted by molar-refractivity contribution is 0.981. The highest BCUT2D eigenvalue weighted by Gasteiger charge is 2.09. The van der Waals surface area contributed by atoms with Crippen LogP contribution in [0.2, 0.25) is 0 Å². The summed E-state index contributed by atoms with van der Waals surface area (Å²) < 4.78 is 0. The Morgan fingerprint density at radius 2 is 1.71 bits per heavy atom. The molecular weight excluding hydrogens is 368 g/mol. The predicted molar refractivity (Wildman–Crippen MR) is 115 cm³/mol. The first-order valence-electron chi connectivity index (χ1n) is 8.91. The number of aryl methyl sites for hydroxylation is 2. The molecule has 2 heterocycles. The number of nitrogens with one attached hydrogen (secondary N) is 1. The van der Waals surface area contributed by atoms with Crippen molar-refractivity contribution in [3.05, 3.63) is 71.7 Å². The number of nitrogens with two attached hydrogens (primary N) is 1. The van der Waals surface area contributed by atoms with Gasteiger partial charge in [0.1, 0.15) is 5.82 Å². The van der Waals surface area contributed by atoms with Crippen molar-refractivity contribution in [3.8, 4) is 0 Å². The lowest BCUT2D eigenvalue weighted by atomic mass is 10.2. The van der Waals surface area contributed by atoms with Gasteiger partial charge in [-0.1, -0.05) is 36.4 Å². The van der Waals surface area contributed by atoms with Crippen molar-refractivity contribution in [3.63, 3.8) is 0 Å². The number of anilines is 3. The molecule has 0 aliphatic heterocycles. The molecule has 0 unspecified atom stereocenters. The van der Waals surface area contributed by atoms with Crippen LogP contribution in [0.1, 0.15) is 17.1 Å². The highest BCUT2D eigenvalue weighted by molar-refractivity contribution is 7.98. The van der Waals surface area contributed by atoms with E-state index in [4.69, 9.17) is 5.73 Å². The molecule has 6 nitrogen and oxygen atoms in total. The Kier molecular flexibility index (Phi) is 5.08. The van der Waals surface area contributed by atoms with E-state index >= 15 is 0 Å². The molecular formula is C21H20N6S. The van der Waals surface area contributed by atoms with E-state index < -0.39 is 0 Å². The molecule has 0 bridgehead atoms. The Morgan fingerprint density at radius 3 is 2.57 bits per heavy atom. The summed E-state index contributed by atoms with van der Waals surface area (Å²) in [5.74, 6) is 1.88. The Bertz CT molecular complexity index is 1140. The van der Waals surface area contributed by atoms with Crippen molar-refractivity contribution in [2.24, 2.45) is 0 Å². The maximum atomic E-state index is 5.91. The second-order valence-corrected chi connectivity index (χ2v) is 7.46. The number of hydrogen-bond donors (Lipinski definition) is 2. The summed E-state index contributed by atoms with van der Waals surface area (Å²) in [6, 6.07) is 18.2. The summed E-state index contributed by atoms with van der Waals surface area (Å²) in [6.07, 6.45) is 0. The van der Waals surface area contributed by atoms with Crippen LogP contribution < -0.4 is 11.1 Å². The molecule has 0 saturated heterocycles. The lowest BCUT2D eigenvalue weighted by Crippen LogP contribution is -2.07. The minimum absolute atomic E-state index is 0.206. The molecule has 0 radical (unpaired) electrons. The van der Waals surface area contributed by atoms with E-state index in [1.54, 1.807) is 11.8 Å². The topological polar surface area (TPSA) is 89.6 Å². The van der Waals surface area contributed by atoms with E-state index in [1.807, 2.05) is 56.3 Å². The molecule has 2 aromatic carbocycles. The SMILES string of the molecule is Cc1cc(SCc2nc(N)nc(Nc3ccccc3C)n2)c2ccccc2n1. The van der Waals surface area contributed by atoms with Crippen LogP contribution in [0.15, 0.2) is 59.5 Å². The number of pyridine rings is 1. The van der Waals surface area contributed by atoms with E-state index in [0.29, 0.717) is 17.5 Å². The first-order chi connectivity index (χ1) is 13.6. The highest BCUT2D eigenvalue weighted by atomic mass is 32.2. The van der Waals surface area contributed by atoms with Crippen molar-refractivity contribution in [1.82, 2.24) is 19.9 Å². The number of para-hydroxylation sites is 2. The predicted octanol–water partition coefficient (Wildman–Crippen LogP) is 4.65. The van der Waals surface area contributed by atoms with Crippen LogP contribution in [0.5, 0.6) is 0 Å². The first kappa shape index (κ1) is 18.2. The molecule has 7 heteroatoms. The number of thioether (sulfide) groups is 1. The van der Waals surface area contributed by atoms with Crippen LogP contribution >= 0.6 is 11.8 Å². The van der Waals surface area contributed by atoms with E-state index in [9.17, 15) is 0 Å². The molecule has 0 saturated carbocycles. The Morgan fingerprint density at radius 1 is 0.929 bits per heavy atom. The van der Waals surface area contributed by atoms with Gasteiger partial charge in [-0.3, -0.25) is 4.98 Å². The maximum absolute atomic E-state index is 5.91. The van der Waals surface area contributed by atoms with Crippen molar-refractivity contribution in [1.29, 1.82) is 0 Å². The monoisotopic (exact) mass is 388 g/mol. The first-order valence-corrected chi connectivity index (χ1v) is 9.89. The molecule has 0 fully saturated rings. The number of fused-ring (bicyclic) bond motifs is 1. The summed E-state index contributed by atoms with van der Waals surface area (Å²) in [5, 5.41) is 4.35. The fourth-order valence-corrected chi connectivity index (χ4v) is 3.92. The van der Waals surface area contributed by atoms with E-state index in [-0.39, 0.29) is 5.95 Å². The standard InChI is InChI=1S/C21H20N6S/c1-13-7-3-5-9-16(13)24-21-26-19(25-20(22)27-21)12-28-18-11-14(2)23-17-10-6-4-8-15(17)18/h3-11H,12H2,1-2H3,(H3,22,24,25,26,27). The van der Waals surface area contributed by atoms with Gasteiger partial charge in [-0.05, 0) is 37.6 Å². The second-order valence-electron chi connectivity index (χ2n) is 6.44. The summed E-state index contributed by atoms with van der Waals surface area (Å²) in [5.41, 5.74) is 9.94. The summed E-state index contributed by atoms with van der Waals surface area (Å²) in [7, 11) is 0. The number of nitrogens with zero attached hydrogens (tertiary/aromatic N) is 4. The second kappa shape index (κ2) is 7.82. The molecule has 3 N–H and O–H groups in total. The van der Waals surface area contributed by atoms with E-state index in [2.05, 4.69) is 37.4 Å². The minimum Gasteiger partial charge on any atom is -0.368 e. The van der Waals surface area contributed by atoms with Gasteiger partial charge in [-0.2, -0.15) is 15.0 Å². The number of rotatable bonds is 5. The lowest BCUT2D eigenvalue weighted by Gasteiger charge is -2.10. The van der Waals surface area contributed by atoms with E-state index in [1.165, 1.54) is 0 Å². The summed E-state index contributed by atoms with van der Waals surface area (Å²) in [4.78, 5) is 18.8. The number of nitrogen functional groups attached to an aromatic ring is 1. The molecule has 28 heavy (non-hydrogen) atoms. The third-order valence-electron chi connectivity index (χ3n) is 4.25. The van der Waals surface area contributed by atoms with Gasteiger partial charge in [0.2, 0.25) is 11.9 Å². The maximum Gasteiger partial charge on any atom is 0.232 e. The summed E-state index contributed by atoms with van der Waals surface area (Å²) >= 11 is 1.67. The van der Waals surface area contributed by atoms with Gasteiger partial charge in [0, 0.05) is 21.7 Å². The van der Waals surface area contributed by atoms with Gasteiger partial charge in [0.15, 0.2) is 0 Å². The van der Waals surface area contributed by atoms with Crippen LogP contribution in [0.4, 0.5) is 17.6 Å².